The third-order valence-corrected chi connectivity index (χ3v) is 8.15. The Labute approximate surface area is 232 Å². The first-order chi connectivity index (χ1) is 18.7. The van der Waals surface area contributed by atoms with Crippen molar-refractivity contribution >= 4 is 35.3 Å². The number of nitrogens with zero attached hydrogens (tertiary/aromatic N) is 4. The highest BCUT2D eigenvalue weighted by Gasteiger charge is 2.41. The molecule has 1 aliphatic carbocycles. The summed E-state index contributed by atoms with van der Waals surface area (Å²) in [7, 11) is 2.44. The summed E-state index contributed by atoms with van der Waals surface area (Å²) in [6, 6.07) is 6.84. The van der Waals surface area contributed by atoms with E-state index in [0.29, 0.717) is 25.4 Å². The molecule has 1 N–H and O–H groups in total. The lowest BCUT2D eigenvalue weighted by Gasteiger charge is -2.28. The predicted molar refractivity (Wildman–Crippen MR) is 149 cm³/mol. The van der Waals surface area contributed by atoms with Crippen LogP contribution in [-0.2, 0) is 14.3 Å². The Morgan fingerprint density at radius 3 is 2.62 bits per heavy atom. The molecule has 0 unspecified atom stereocenters. The molecule has 0 bridgehead atoms. The van der Waals surface area contributed by atoms with E-state index in [0.717, 1.165) is 29.8 Å². The van der Waals surface area contributed by atoms with Gasteiger partial charge in [-0.1, -0.05) is 35.1 Å². The fraction of sp³-hybridized carbons (Fsp3) is 0.464. The lowest BCUT2D eigenvalue weighted by atomic mass is 9.85. The molecule has 0 radical (unpaired) electrons. The minimum absolute atomic E-state index is 0.0794. The van der Waals surface area contributed by atoms with Gasteiger partial charge in [-0.2, -0.15) is 0 Å². The standard InChI is InChI=1S/C28H35N5O5S/c1-17(2)19-11-9-18(10-12-19)15-32-16-21(33-25(28(36)38-4)24(30-31-33)27(35)37-3)14-23(32)26(34)29-20-7-6-8-22(13-20)39-5/h6-9,13,19,21,23H,1,10-12,14-16H2,2-5H3,(H,29,34)/t19-,21+,23+/m1/s1. The van der Waals surface area contributed by atoms with Crippen molar-refractivity contribution in [2.24, 2.45) is 5.92 Å². The fourth-order valence-corrected chi connectivity index (χ4v) is 5.70. The summed E-state index contributed by atoms with van der Waals surface area (Å²) < 4.78 is 11.1. The maximum Gasteiger partial charge on any atom is 0.361 e. The van der Waals surface area contributed by atoms with E-state index >= 15 is 0 Å². The molecule has 2 aliphatic rings. The molecule has 11 heteroatoms. The van der Waals surface area contributed by atoms with E-state index in [2.05, 4.69) is 40.1 Å². The Kier molecular flexibility index (Phi) is 9.24. The van der Waals surface area contributed by atoms with Gasteiger partial charge in [-0.25, -0.2) is 14.3 Å². The SMILES string of the molecule is C=C(C)[C@@H]1CC=C(CN2C[C@@H](n3nnc(C(=O)OC)c3C(=O)OC)C[C@H]2C(=O)Nc2cccc(SC)c2)CC1. The number of anilines is 1. The number of carbonyl (C=O) groups is 3. The lowest BCUT2D eigenvalue weighted by Crippen LogP contribution is -2.40. The number of hydrogen-bond donors (Lipinski definition) is 1. The summed E-state index contributed by atoms with van der Waals surface area (Å²) in [5.74, 6) is -1.18. The third kappa shape index (κ3) is 6.42. The zero-order valence-electron chi connectivity index (χ0n) is 22.8. The van der Waals surface area contributed by atoms with Gasteiger partial charge in [0, 0.05) is 23.7 Å². The van der Waals surface area contributed by atoms with Gasteiger partial charge < -0.3 is 14.8 Å². The molecule has 4 rings (SSSR count). The number of benzene rings is 1. The number of carbonyl (C=O) groups excluding carboxylic acids is 3. The molecule has 3 atom stereocenters. The minimum atomic E-state index is -0.779. The number of hydrogen-bond acceptors (Lipinski definition) is 9. The van der Waals surface area contributed by atoms with Crippen LogP contribution in [0.4, 0.5) is 5.69 Å². The molecular formula is C28H35N5O5S. The summed E-state index contributed by atoms with van der Waals surface area (Å²) in [6.45, 7) is 7.24. The summed E-state index contributed by atoms with van der Waals surface area (Å²) in [6.07, 6.45) is 7.54. The van der Waals surface area contributed by atoms with E-state index in [1.54, 1.807) is 11.8 Å². The van der Waals surface area contributed by atoms with Crippen molar-refractivity contribution in [3.8, 4) is 0 Å². The summed E-state index contributed by atoms with van der Waals surface area (Å²) >= 11 is 1.60. The van der Waals surface area contributed by atoms with E-state index < -0.39 is 18.0 Å². The molecule has 0 saturated carbocycles. The van der Waals surface area contributed by atoms with E-state index in [1.807, 2.05) is 30.5 Å². The Morgan fingerprint density at radius 2 is 1.97 bits per heavy atom. The van der Waals surface area contributed by atoms with Gasteiger partial charge in [0.15, 0.2) is 5.69 Å². The minimum Gasteiger partial charge on any atom is -0.464 e. The Morgan fingerprint density at radius 1 is 1.21 bits per heavy atom. The van der Waals surface area contributed by atoms with Crippen LogP contribution >= 0.6 is 11.8 Å². The molecule has 208 valence electrons. The van der Waals surface area contributed by atoms with Gasteiger partial charge in [-0.05, 0) is 63.0 Å². The van der Waals surface area contributed by atoms with E-state index in [1.165, 1.54) is 30.0 Å². The first-order valence-corrected chi connectivity index (χ1v) is 14.1. The van der Waals surface area contributed by atoms with Gasteiger partial charge >= 0.3 is 11.9 Å². The Balaban J connectivity index is 1.62. The van der Waals surface area contributed by atoms with Crippen molar-refractivity contribution in [2.45, 2.75) is 49.6 Å². The average molecular weight is 554 g/mol. The maximum atomic E-state index is 13.6. The molecule has 2 heterocycles. The Bertz CT molecular complexity index is 1290. The van der Waals surface area contributed by atoms with E-state index in [4.69, 9.17) is 9.47 Å². The molecule has 1 aromatic carbocycles. The van der Waals surface area contributed by atoms with Crippen LogP contribution in [0.1, 0.15) is 59.6 Å². The first kappa shape index (κ1) is 28.6. The highest BCUT2D eigenvalue weighted by atomic mass is 32.2. The molecule has 1 fully saturated rings. The molecular weight excluding hydrogens is 518 g/mol. The molecule has 10 nitrogen and oxygen atoms in total. The summed E-state index contributed by atoms with van der Waals surface area (Å²) in [4.78, 5) is 41.7. The van der Waals surface area contributed by atoms with Crippen molar-refractivity contribution in [3.63, 3.8) is 0 Å². The first-order valence-electron chi connectivity index (χ1n) is 12.9. The number of likely N-dealkylation sites (tertiary alicyclic amines) is 1. The monoisotopic (exact) mass is 553 g/mol. The quantitative estimate of drug-likeness (QED) is 0.278. The molecule has 1 aromatic heterocycles. The Hall–Kier alpha value is -3.44. The van der Waals surface area contributed by atoms with Crippen molar-refractivity contribution in [3.05, 3.63) is 59.5 Å². The topological polar surface area (TPSA) is 116 Å². The normalized spacial score (nSPS) is 21.2. The van der Waals surface area contributed by atoms with Crippen molar-refractivity contribution in [2.75, 3.05) is 38.9 Å². The van der Waals surface area contributed by atoms with Gasteiger partial charge in [-0.3, -0.25) is 9.69 Å². The van der Waals surface area contributed by atoms with Crippen molar-refractivity contribution in [1.82, 2.24) is 19.9 Å². The van der Waals surface area contributed by atoms with Crippen LogP contribution in [0.15, 0.2) is 53.0 Å². The number of thioether (sulfide) groups is 1. The highest BCUT2D eigenvalue weighted by molar-refractivity contribution is 7.98. The van der Waals surface area contributed by atoms with Gasteiger partial charge in [0.25, 0.3) is 0 Å². The highest BCUT2D eigenvalue weighted by Crippen LogP contribution is 2.34. The third-order valence-electron chi connectivity index (χ3n) is 7.43. The number of nitrogens with one attached hydrogen (secondary N) is 1. The van der Waals surface area contributed by atoms with Crippen LogP contribution in [0.2, 0.25) is 0 Å². The molecule has 1 saturated heterocycles. The summed E-state index contributed by atoms with van der Waals surface area (Å²) in [5, 5.41) is 11.1. The number of amides is 1. The zero-order chi connectivity index (χ0) is 28.1. The van der Waals surface area contributed by atoms with E-state index in [-0.39, 0.29) is 23.3 Å². The second kappa shape index (κ2) is 12.6. The fourth-order valence-electron chi connectivity index (χ4n) is 5.24. The van der Waals surface area contributed by atoms with E-state index in [9.17, 15) is 14.4 Å². The predicted octanol–water partition coefficient (Wildman–Crippen LogP) is 4.13. The van der Waals surface area contributed by atoms with Gasteiger partial charge in [-0.15, -0.1) is 16.9 Å². The molecule has 39 heavy (non-hydrogen) atoms. The van der Waals surface area contributed by atoms with Crippen LogP contribution in [0, 0.1) is 5.92 Å². The molecule has 1 aliphatic heterocycles. The van der Waals surface area contributed by atoms with Crippen LogP contribution in [-0.4, -0.2) is 77.3 Å². The zero-order valence-corrected chi connectivity index (χ0v) is 23.6. The smallest absolute Gasteiger partial charge is 0.361 e. The lowest BCUT2D eigenvalue weighted by molar-refractivity contribution is -0.120. The number of allylic oxidation sites excluding steroid dienone is 2. The maximum absolute atomic E-state index is 13.6. The largest absolute Gasteiger partial charge is 0.464 e. The van der Waals surface area contributed by atoms with Crippen LogP contribution < -0.4 is 5.32 Å². The van der Waals surface area contributed by atoms with Crippen LogP contribution in [0.25, 0.3) is 0 Å². The molecule has 1 amide bonds. The van der Waals surface area contributed by atoms with Crippen LogP contribution in [0.5, 0.6) is 0 Å². The van der Waals surface area contributed by atoms with Gasteiger partial charge in [0.1, 0.15) is 0 Å². The number of esters is 2. The average Bonchev–Trinajstić information content (AvgIpc) is 3.57. The number of rotatable bonds is 9. The second-order valence-electron chi connectivity index (χ2n) is 9.95. The van der Waals surface area contributed by atoms with Gasteiger partial charge in [0.05, 0.1) is 26.3 Å². The van der Waals surface area contributed by atoms with Crippen molar-refractivity contribution < 1.29 is 23.9 Å². The number of aromatic nitrogens is 3. The summed E-state index contributed by atoms with van der Waals surface area (Å²) in [5.41, 5.74) is 2.90. The van der Waals surface area contributed by atoms with Crippen molar-refractivity contribution in [1.29, 1.82) is 0 Å². The molecule has 2 aromatic rings. The molecule has 0 spiro atoms. The van der Waals surface area contributed by atoms with Crippen LogP contribution in [0.3, 0.4) is 0 Å². The number of ether oxygens (including phenoxy) is 2. The number of methoxy groups -OCH3 is 2. The van der Waals surface area contributed by atoms with Gasteiger partial charge in [0.2, 0.25) is 11.6 Å². The second-order valence-corrected chi connectivity index (χ2v) is 10.8.